The lowest BCUT2D eigenvalue weighted by molar-refractivity contribution is 0.277. The number of thioether (sulfide) groups is 1. The van der Waals surface area contributed by atoms with Gasteiger partial charge in [-0.15, -0.1) is 0 Å². The monoisotopic (exact) mass is 304 g/mol. The highest BCUT2D eigenvalue weighted by atomic mass is 32.2. The van der Waals surface area contributed by atoms with Crippen LogP contribution in [0.2, 0.25) is 0 Å². The van der Waals surface area contributed by atoms with E-state index in [1.807, 2.05) is 11.8 Å². The smallest absolute Gasteiger partial charge is 0.242 e. The molecule has 7 heteroatoms. The molecule has 0 bridgehead atoms. The molecule has 2 rings (SSSR count). The summed E-state index contributed by atoms with van der Waals surface area (Å²) in [7, 11) is -3.47. The van der Waals surface area contributed by atoms with E-state index < -0.39 is 10.0 Å². The van der Waals surface area contributed by atoms with Gasteiger partial charge < -0.3 is 10.1 Å². The molecule has 0 saturated heterocycles. The van der Waals surface area contributed by atoms with E-state index in [0.29, 0.717) is 10.9 Å². The van der Waals surface area contributed by atoms with Gasteiger partial charge in [-0.25, -0.2) is 13.1 Å². The summed E-state index contributed by atoms with van der Waals surface area (Å²) < 4.78 is 27.1. The molecule has 1 aromatic rings. The fourth-order valence-corrected chi connectivity index (χ4v) is 4.83. The Hall–Kier alpha value is -0.500. The Morgan fingerprint density at radius 3 is 2.95 bits per heavy atom. The second-order valence-electron chi connectivity index (χ2n) is 4.73. The standard InChI is InChI=1S/C12H20N2O3S2/c1-2-18-11-4-3-9(5-11)14-19(16,17)12-6-10(8-15)13-7-12/h6-7,9,11,13-15H,2-5,8H2,1H3. The minimum atomic E-state index is -3.47. The van der Waals surface area contributed by atoms with Crippen molar-refractivity contribution < 1.29 is 13.5 Å². The van der Waals surface area contributed by atoms with Crippen molar-refractivity contribution in [3.05, 3.63) is 18.0 Å². The zero-order valence-corrected chi connectivity index (χ0v) is 12.6. The summed E-state index contributed by atoms with van der Waals surface area (Å²) in [4.78, 5) is 2.94. The number of hydrogen-bond donors (Lipinski definition) is 3. The van der Waals surface area contributed by atoms with Crippen molar-refractivity contribution in [1.29, 1.82) is 0 Å². The predicted molar refractivity (Wildman–Crippen MR) is 76.6 cm³/mol. The lowest BCUT2D eigenvalue weighted by atomic mass is 10.3. The number of rotatable bonds is 6. The summed E-state index contributed by atoms with van der Waals surface area (Å²) in [6, 6.07) is 1.50. The van der Waals surface area contributed by atoms with Crippen molar-refractivity contribution in [2.24, 2.45) is 0 Å². The topological polar surface area (TPSA) is 82.2 Å². The number of aromatic amines is 1. The van der Waals surface area contributed by atoms with Crippen LogP contribution in [-0.4, -0.2) is 35.6 Å². The van der Waals surface area contributed by atoms with Gasteiger partial charge in [0.2, 0.25) is 10.0 Å². The molecule has 0 amide bonds. The number of aliphatic hydroxyl groups is 1. The highest BCUT2D eigenvalue weighted by Crippen LogP contribution is 2.30. The Kier molecular flexibility index (Phi) is 4.94. The third-order valence-electron chi connectivity index (χ3n) is 3.31. The summed E-state index contributed by atoms with van der Waals surface area (Å²) in [6.07, 6.45) is 4.28. The van der Waals surface area contributed by atoms with Gasteiger partial charge in [0.25, 0.3) is 0 Å². The molecule has 1 aliphatic rings. The molecule has 0 spiro atoms. The molecule has 0 aromatic carbocycles. The summed E-state index contributed by atoms with van der Waals surface area (Å²) in [6.45, 7) is 1.94. The van der Waals surface area contributed by atoms with Crippen LogP contribution in [0, 0.1) is 0 Å². The van der Waals surface area contributed by atoms with E-state index in [2.05, 4.69) is 16.6 Å². The average molecular weight is 304 g/mol. The van der Waals surface area contributed by atoms with Crippen LogP contribution in [0.4, 0.5) is 0 Å². The summed E-state index contributed by atoms with van der Waals surface area (Å²) in [5.41, 5.74) is 0.506. The molecule has 0 aliphatic heterocycles. The van der Waals surface area contributed by atoms with E-state index in [1.54, 1.807) is 0 Å². The van der Waals surface area contributed by atoms with Gasteiger partial charge in [-0.1, -0.05) is 6.92 Å². The summed E-state index contributed by atoms with van der Waals surface area (Å²) in [5, 5.41) is 9.51. The molecule has 2 atom stereocenters. The first-order valence-corrected chi connectivity index (χ1v) is 9.00. The molecule has 1 saturated carbocycles. The molecular weight excluding hydrogens is 284 g/mol. The molecule has 1 heterocycles. The normalized spacial score (nSPS) is 23.9. The van der Waals surface area contributed by atoms with Gasteiger partial charge in [-0.3, -0.25) is 0 Å². The Morgan fingerprint density at radius 2 is 2.32 bits per heavy atom. The van der Waals surface area contributed by atoms with Gasteiger partial charge in [0.15, 0.2) is 0 Å². The van der Waals surface area contributed by atoms with E-state index in [-0.39, 0.29) is 17.5 Å². The molecular formula is C12H20N2O3S2. The van der Waals surface area contributed by atoms with Gasteiger partial charge in [0.1, 0.15) is 0 Å². The fraction of sp³-hybridized carbons (Fsp3) is 0.667. The zero-order chi connectivity index (χ0) is 13.9. The Morgan fingerprint density at radius 1 is 1.53 bits per heavy atom. The van der Waals surface area contributed by atoms with E-state index >= 15 is 0 Å². The van der Waals surface area contributed by atoms with Crippen molar-refractivity contribution in [3.8, 4) is 0 Å². The largest absolute Gasteiger partial charge is 0.390 e. The van der Waals surface area contributed by atoms with Gasteiger partial charge in [0, 0.05) is 23.2 Å². The third kappa shape index (κ3) is 3.75. The van der Waals surface area contributed by atoms with Crippen LogP contribution in [0.1, 0.15) is 31.9 Å². The van der Waals surface area contributed by atoms with E-state index in [4.69, 9.17) is 5.11 Å². The van der Waals surface area contributed by atoms with E-state index in [0.717, 1.165) is 25.0 Å². The van der Waals surface area contributed by atoms with Crippen molar-refractivity contribution in [2.75, 3.05) is 5.75 Å². The Bertz CT molecular complexity index is 513. The van der Waals surface area contributed by atoms with Gasteiger partial charge in [-0.05, 0) is 31.1 Å². The molecule has 5 nitrogen and oxygen atoms in total. The SMILES string of the molecule is CCSC1CCC(NS(=O)(=O)c2c[nH]c(CO)c2)C1. The number of aliphatic hydroxyl groups excluding tert-OH is 1. The first kappa shape index (κ1) is 14.9. The summed E-state index contributed by atoms with van der Waals surface area (Å²) >= 11 is 1.90. The van der Waals surface area contributed by atoms with Crippen molar-refractivity contribution in [3.63, 3.8) is 0 Å². The first-order valence-electron chi connectivity index (χ1n) is 6.47. The highest BCUT2D eigenvalue weighted by molar-refractivity contribution is 7.99. The molecule has 108 valence electrons. The quantitative estimate of drug-likeness (QED) is 0.743. The van der Waals surface area contributed by atoms with Crippen LogP contribution >= 0.6 is 11.8 Å². The lowest BCUT2D eigenvalue weighted by Crippen LogP contribution is -2.32. The molecule has 2 unspecified atom stereocenters. The minimum Gasteiger partial charge on any atom is -0.390 e. The van der Waals surface area contributed by atoms with Crippen molar-refractivity contribution in [2.45, 2.75) is 49.0 Å². The zero-order valence-electron chi connectivity index (χ0n) is 10.9. The van der Waals surface area contributed by atoms with Crippen LogP contribution in [0.25, 0.3) is 0 Å². The summed E-state index contributed by atoms with van der Waals surface area (Å²) in [5.74, 6) is 1.07. The highest BCUT2D eigenvalue weighted by Gasteiger charge is 2.28. The van der Waals surface area contributed by atoms with Crippen molar-refractivity contribution >= 4 is 21.8 Å². The minimum absolute atomic E-state index is 0.0292. The van der Waals surface area contributed by atoms with Crippen LogP contribution in [0.3, 0.4) is 0 Å². The number of sulfonamides is 1. The lowest BCUT2D eigenvalue weighted by Gasteiger charge is -2.12. The van der Waals surface area contributed by atoms with Crippen LogP contribution < -0.4 is 4.72 Å². The fourth-order valence-electron chi connectivity index (χ4n) is 2.39. The molecule has 1 fully saturated rings. The van der Waals surface area contributed by atoms with E-state index in [1.165, 1.54) is 12.3 Å². The molecule has 1 aliphatic carbocycles. The Labute approximate surface area is 118 Å². The first-order chi connectivity index (χ1) is 9.05. The van der Waals surface area contributed by atoms with Gasteiger partial charge in [-0.2, -0.15) is 11.8 Å². The number of hydrogen-bond acceptors (Lipinski definition) is 4. The van der Waals surface area contributed by atoms with Gasteiger partial charge in [0.05, 0.1) is 11.5 Å². The average Bonchev–Trinajstić information content (AvgIpc) is 2.98. The number of nitrogens with one attached hydrogen (secondary N) is 2. The maximum absolute atomic E-state index is 12.2. The third-order valence-corrected chi connectivity index (χ3v) is 6.04. The van der Waals surface area contributed by atoms with Crippen LogP contribution in [-0.2, 0) is 16.6 Å². The maximum Gasteiger partial charge on any atom is 0.242 e. The van der Waals surface area contributed by atoms with Crippen LogP contribution in [0.5, 0.6) is 0 Å². The second kappa shape index (κ2) is 6.30. The molecule has 3 N–H and O–H groups in total. The molecule has 19 heavy (non-hydrogen) atoms. The molecule has 1 aromatic heterocycles. The molecule has 0 radical (unpaired) electrons. The maximum atomic E-state index is 12.2. The van der Waals surface area contributed by atoms with Crippen LogP contribution in [0.15, 0.2) is 17.2 Å². The predicted octanol–water partition coefficient (Wildman–Crippen LogP) is 1.46. The van der Waals surface area contributed by atoms with Crippen molar-refractivity contribution in [1.82, 2.24) is 9.71 Å². The second-order valence-corrected chi connectivity index (χ2v) is 8.02. The van der Waals surface area contributed by atoms with Gasteiger partial charge >= 0.3 is 0 Å². The number of aromatic nitrogens is 1. The van der Waals surface area contributed by atoms with E-state index in [9.17, 15) is 8.42 Å². The Balaban J connectivity index is 1.98. The number of H-pyrrole nitrogens is 1.